The molecule has 0 aliphatic carbocycles. The number of hydrogen-bond donors (Lipinski definition) is 14. The first-order valence-corrected chi connectivity index (χ1v) is 32.3. The minimum absolute atomic E-state index is 0. The van der Waals surface area contributed by atoms with Crippen LogP contribution in [0.5, 0.6) is 5.75 Å². The Labute approximate surface area is 578 Å². The van der Waals surface area contributed by atoms with E-state index in [1.165, 1.54) is 25.3 Å². The van der Waals surface area contributed by atoms with Gasteiger partial charge in [-0.25, -0.2) is 48.1 Å². The van der Waals surface area contributed by atoms with Gasteiger partial charge in [0.15, 0.2) is 18.7 Å². The van der Waals surface area contributed by atoms with Crippen LogP contribution >= 0.6 is 23.2 Å². The first kappa shape index (κ1) is 87.1. The molecule has 3 unspecified atom stereocenters. The number of carbonyl (C=O) groups excluding carboxylic acids is 2. The molecule has 3 aliphatic rings. The molecular formula is C52H66F3Li2N9O30P3-. The number of aromatic amines is 3. The summed E-state index contributed by atoms with van der Waals surface area (Å²) in [5.74, 6) is -12.0. The van der Waals surface area contributed by atoms with Gasteiger partial charge in [0, 0.05) is 36.8 Å². The second-order valence-electron chi connectivity index (χ2n) is 22.0. The number of aliphatic hydroxyl groups excluding tert-OH is 3. The van der Waals surface area contributed by atoms with E-state index < -0.39 is 178 Å². The standard InChI is InChI=1S/C26H29FN3O10P.C13H19FN3O10P.C13H18FN3O9P.2Li.H2O/c1-17(21(32)37-15-18-9-5-3-6-10-18)29-41(36,40-19-11-7-4-8-12-19)38-16-26(27)22(33)25(2,35)23(39-26)30-14-13-20(31)28-24(30)34;1-6(8(19)20)16-28(24,25)26-5-13(14)9(21)12(2,23)10(27-13)17-4-3-7(18)15-11(17)22;1-7(5-18)16-27(23,24)25-6-13(14)9(20)12(2,22)10(26-13)17-4-3-8(19)15-11(17)21;;;/h3-14,17,22-23,33,35H,15-16H2,1-2H3,(H,29,36)(H,28,31,34);3-4,6,9-10,21,23H,5H2,1-2H3,(H,19,20)(H,15,18,22)(H2,16,24,25);3-4,7,9-10,20,22H,6H2,1-2H3,(H,15,19,21)(H2,16,23,24);;;1H2/q;;-1;2*+1;/p-2/t17-,22-,23+,25+,26+,41?;6-,9-,10+,12+,13+;7-,9-,10+,12+,13+;;;/m000.../s1. The van der Waals surface area contributed by atoms with E-state index in [9.17, 15) is 102 Å². The summed E-state index contributed by atoms with van der Waals surface area (Å²) in [5, 5.41) is 77.0. The number of carboxylic acids is 1. The second kappa shape index (κ2) is 34.2. The molecule has 0 radical (unpaired) electrons. The summed E-state index contributed by atoms with van der Waals surface area (Å²) in [6.45, 7) is 2.26. The van der Waals surface area contributed by atoms with Crippen LogP contribution in [0.2, 0.25) is 0 Å². The SMILES string of the molecule is C[C@@H]([C-]=O)NP(=O)([O-])OC[C@@]1(F)O[C@@H](n2ccc(=O)[nH]c2=O)[C@](C)(O)[C@@H]1O.C[C@H](NP(=O)(O)OC[C@@]1(F)O[C@@H](n2ccc(=O)[nH]c2=O)[C@](C)(O)[C@@H]1O)C(=O)O.C[C@H](NP(=O)(OC[C@@]1(F)O[C@@H](n2ccc(=O)[nH]c2=O)[C@](C)(O)[C@@H]1O)Oc1ccccc1)C(=O)OCc1ccccc1.[Li+].[Li+].[OH-]. The van der Waals surface area contributed by atoms with Crippen molar-refractivity contribution in [3.05, 3.63) is 166 Å². The third-order valence-electron chi connectivity index (χ3n) is 14.1. The molecule has 3 aromatic heterocycles. The van der Waals surface area contributed by atoms with Crippen molar-refractivity contribution in [2.24, 2.45) is 0 Å². The number of nitrogens with one attached hydrogen (secondary N) is 6. The molecule has 99 heavy (non-hydrogen) atoms. The Bertz CT molecular complexity index is 4120. The molecule has 0 saturated carbocycles. The van der Waals surface area contributed by atoms with Crippen molar-refractivity contribution in [2.45, 2.75) is 138 Å². The van der Waals surface area contributed by atoms with Crippen LogP contribution < -0.4 is 96.1 Å². The third-order valence-corrected chi connectivity index (χ3v) is 18.1. The van der Waals surface area contributed by atoms with Crippen LogP contribution in [0.1, 0.15) is 65.8 Å². The number of aliphatic hydroxyl groups is 6. The molecule has 0 bridgehead atoms. The van der Waals surface area contributed by atoms with Crippen LogP contribution in [0.4, 0.5) is 13.2 Å². The number of rotatable bonds is 25. The summed E-state index contributed by atoms with van der Waals surface area (Å²) in [6, 6.07) is 15.2. The van der Waals surface area contributed by atoms with Crippen LogP contribution in [-0.4, -0.2) is 184 Å². The molecule has 3 saturated heterocycles. The Hall–Kier alpha value is -6.16. The topological polar surface area (TPSA) is 592 Å². The Morgan fingerprint density at radius 2 is 0.980 bits per heavy atom. The van der Waals surface area contributed by atoms with Crippen molar-refractivity contribution in [2.75, 3.05) is 19.8 Å². The van der Waals surface area contributed by atoms with Gasteiger partial charge < -0.3 is 83.8 Å². The first-order chi connectivity index (χ1) is 44.3. The monoisotopic (exact) mass is 1460 g/mol. The average molecular weight is 1460 g/mol. The van der Waals surface area contributed by atoms with E-state index in [4.69, 9.17) is 33.1 Å². The Balaban J connectivity index is 0.000000393. The summed E-state index contributed by atoms with van der Waals surface area (Å²) >= 11 is 0. The third kappa shape index (κ3) is 21.5. The van der Waals surface area contributed by atoms with E-state index in [0.29, 0.717) is 19.3 Å². The van der Waals surface area contributed by atoms with Gasteiger partial charge in [-0.05, 0) is 52.3 Å². The number of H-pyrrole nitrogens is 3. The van der Waals surface area contributed by atoms with Crippen molar-refractivity contribution in [1.29, 1.82) is 0 Å². The normalized spacial score (nSPS) is 29.6. The number of carboxylic acid groups (broad SMARTS) is 1. The van der Waals surface area contributed by atoms with E-state index >= 15 is 8.78 Å². The second-order valence-corrected chi connectivity index (χ2v) is 26.8. The largest absolute Gasteiger partial charge is 1.00 e. The Morgan fingerprint density at radius 1 is 0.616 bits per heavy atom. The molecule has 2 aromatic carbocycles. The fourth-order valence-electron chi connectivity index (χ4n) is 9.03. The Morgan fingerprint density at radius 3 is 1.34 bits per heavy atom. The zero-order valence-electron chi connectivity index (χ0n) is 53.2. The summed E-state index contributed by atoms with van der Waals surface area (Å²) in [4.78, 5) is 130. The molecule has 538 valence electrons. The van der Waals surface area contributed by atoms with Gasteiger partial charge in [0.05, 0.1) is 0 Å². The number of hydrogen-bond acceptors (Lipinski definition) is 28. The molecule has 5 aromatic rings. The molecule has 3 aliphatic heterocycles. The van der Waals surface area contributed by atoms with Gasteiger partial charge in [-0.15, -0.1) is 0 Å². The zero-order valence-corrected chi connectivity index (χ0v) is 55.9. The summed E-state index contributed by atoms with van der Waals surface area (Å²) < 4.78 is 125. The molecule has 47 heteroatoms. The smallest absolute Gasteiger partial charge is 0.870 e. The predicted octanol–water partition coefficient (Wildman–Crippen LogP) is -8.96. The number of halogens is 3. The van der Waals surface area contributed by atoms with E-state index in [1.54, 1.807) is 58.7 Å². The van der Waals surface area contributed by atoms with E-state index in [2.05, 4.69) is 14.1 Å². The molecule has 3 fully saturated rings. The number of carbonyl (C=O) groups is 2. The van der Waals surface area contributed by atoms with Crippen molar-refractivity contribution < 1.29 is 167 Å². The van der Waals surface area contributed by atoms with Crippen molar-refractivity contribution >= 4 is 41.5 Å². The molecule has 0 amide bonds. The minimum atomic E-state index is -4.93. The van der Waals surface area contributed by atoms with E-state index in [0.717, 1.165) is 71.4 Å². The fourth-order valence-corrected chi connectivity index (χ4v) is 12.5. The number of alkyl halides is 3. The van der Waals surface area contributed by atoms with Gasteiger partial charge in [0.2, 0.25) is 7.75 Å². The van der Waals surface area contributed by atoms with Crippen LogP contribution in [-0.2, 0) is 67.2 Å². The van der Waals surface area contributed by atoms with E-state index in [-0.39, 0.29) is 55.6 Å². The number of aromatic nitrogens is 6. The van der Waals surface area contributed by atoms with Gasteiger partial charge in [-0.1, -0.05) is 61.5 Å². The van der Waals surface area contributed by atoms with Gasteiger partial charge >= 0.3 is 82.2 Å². The quantitative estimate of drug-likeness (QED) is 0.0112. The zero-order chi connectivity index (χ0) is 72.0. The predicted molar refractivity (Wildman–Crippen MR) is 315 cm³/mol. The van der Waals surface area contributed by atoms with Crippen molar-refractivity contribution in [1.82, 2.24) is 43.9 Å². The molecule has 18 atom stereocenters. The van der Waals surface area contributed by atoms with Crippen molar-refractivity contribution in [3.8, 4) is 5.75 Å². The first-order valence-electron chi connectivity index (χ1n) is 27.7. The molecule has 39 nitrogen and oxygen atoms in total. The Kier molecular flexibility index (Phi) is 30.1. The maximum atomic E-state index is 16.0. The molecule has 8 rings (SSSR count). The molecule has 6 heterocycles. The number of ether oxygens (including phenoxy) is 4. The van der Waals surface area contributed by atoms with Gasteiger partial charge in [-0.2, -0.15) is 5.09 Å². The van der Waals surface area contributed by atoms with E-state index in [1.807, 2.05) is 15.0 Å². The maximum Gasteiger partial charge on any atom is 1.00 e. The molecule has 0 spiro atoms. The van der Waals surface area contributed by atoms with Gasteiger partial charge in [0.1, 0.15) is 79.4 Å². The van der Waals surface area contributed by atoms with Gasteiger partial charge in [0.25, 0.3) is 34.2 Å². The average Bonchev–Trinajstić information content (AvgIpc) is 1.61. The summed E-state index contributed by atoms with van der Waals surface area (Å²) in [6.07, 6.45) is -8.38. The summed E-state index contributed by atoms with van der Waals surface area (Å²) in [5.41, 5.74) is -12.0. The van der Waals surface area contributed by atoms with Crippen LogP contribution in [0, 0.1) is 0 Å². The number of aliphatic carboxylic acids is 1. The van der Waals surface area contributed by atoms with Crippen LogP contribution in [0.3, 0.4) is 0 Å². The summed E-state index contributed by atoms with van der Waals surface area (Å²) in [7, 11) is -14.4. The number of esters is 1. The van der Waals surface area contributed by atoms with Crippen LogP contribution in [0.15, 0.2) is 126 Å². The van der Waals surface area contributed by atoms with Gasteiger partial charge in [-0.3, -0.25) is 71.3 Å². The number of nitrogens with zero attached hydrogens (tertiary/aromatic N) is 3. The molecular weight excluding hydrogens is 1390 g/mol. The fraction of sp³-hybridized carbons (Fsp3) is 0.481. The van der Waals surface area contributed by atoms with Crippen LogP contribution in [0.25, 0.3) is 0 Å². The number of para-hydroxylation sites is 1. The maximum absolute atomic E-state index is 16.0. The number of benzene rings is 2. The minimum Gasteiger partial charge on any atom is -0.870 e. The molecule has 15 N–H and O–H groups in total. The van der Waals surface area contributed by atoms with Crippen molar-refractivity contribution in [3.63, 3.8) is 0 Å².